The normalized spacial score (nSPS) is 12.7. The molecule has 84 valence electrons. The minimum absolute atomic E-state index is 0.420. The molecule has 0 bridgehead atoms. The molecule has 0 saturated heterocycles. The zero-order valence-electron chi connectivity index (χ0n) is 9.50. The summed E-state index contributed by atoms with van der Waals surface area (Å²) >= 11 is 6.08. The van der Waals surface area contributed by atoms with E-state index in [0.717, 1.165) is 28.0 Å². The first-order chi connectivity index (χ1) is 7.70. The topological polar surface area (TPSA) is 24.9 Å². The Morgan fingerprint density at radius 1 is 1.44 bits per heavy atom. The molecule has 0 aliphatic rings. The minimum Gasteiger partial charge on any atom is -0.381 e. The monoisotopic (exact) mass is 234 g/mol. The van der Waals surface area contributed by atoms with E-state index >= 15 is 0 Å². The molecule has 0 saturated carbocycles. The van der Waals surface area contributed by atoms with E-state index in [-0.39, 0.29) is 0 Å². The number of halogens is 1. The van der Waals surface area contributed by atoms with Gasteiger partial charge in [0.1, 0.15) is 0 Å². The molecule has 0 aliphatic heterocycles. The van der Waals surface area contributed by atoms with Crippen molar-refractivity contribution in [1.82, 2.24) is 4.98 Å². The molecule has 0 aliphatic carbocycles. The highest BCUT2D eigenvalue weighted by Gasteiger charge is 2.06. The Balaban J connectivity index is 2.50. The Kier molecular flexibility index (Phi) is 3.30. The first kappa shape index (κ1) is 11.2. The number of benzene rings is 1. The summed E-state index contributed by atoms with van der Waals surface area (Å²) in [6, 6.07) is 8.24. The van der Waals surface area contributed by atoms with Crippen LogP contribution < -0.4 is 5.32 Å². The molecule has 2 aromatic rings. The average Bonchev–Trinajstić information content (AvgIpc) is 2.28. The second kappa shape index (κ2) is 4.71. The number of nitrogens with zero attached hydrogens (tertiary/aromatic N) is 1. The first-order valence-corrected chi connectivity index (χ1v) is 5.89. The van der Waals surface area contributed by atoms with E-state index in [1.165, 1.54) is 0 Å². The van der Waals surface area contributed by atoms with Crippen LogP contribution in [0, 0.1) is 0 Å². The standard InChI is InChI=1S/C13H15ClN2/c1-3-9(2)16-12-8-11(14)7-10-5-4-6-15-13(10)12/h4-9,16H,3H2,1-2H3. The largest absolute Gasteiger partial charge is 0.381 e. The van der Waals surface area contributed by atoms with Crippen LogP contribution in [0.4, 0.5) is 5.69 Å². The molecular formula is C13H15ClN2. The summed E-state index contributed by atoms with van der Waals surface area (Å²) in [6.45, 7) is 4.30. The Labute approximate surface area is 101 Å². The molecule has 2 nitrogen and oxygen atoms in total. The summed E-state index contributed by atoms with van der Waals surface area (Å²) in [5, 5.41) is 5.24. The fourth-order valence-electron chi connectivity index (χ4n) is 1.63. The van der Waals surface area contributed by atoms with Crippen LogP contribution in [0.2, 0.25) is 5.02 Å². The molecule has 1 atom stereocenters. The maximum Gasteiger partial charge on any atom is 0.0934 e. The SMILES string of the molecule is CCC(C)Nc1cc(Cl)cc2cccnc12. The Hall–Kier alpha value is -1.28. The third-order valence-corrected chi connectivity index (χ3v) is 2.90. The van der Waals surface area contributed by atoms with Crippen molar-refractivity contribution < 1.29 is 0 Å². The van der Waals surface area contributed by atoms with E-state index in [9.17, 15) is 0 Å². The predicted octanol–water partition coefficient (Wildman–Crippen LogP) is 4.10. The molecule has 1 aromatic carbocycles. The zero-order valence-corrected chi connectivity index (χ0v) is 10.3. The summed E-state index contributed by atoms with van der Waals surface area (Å²) in [6.07, 6.45) is 2.87. The highest BCUT2D eigenvalue weighted by molar-refractivity contribution is 6.31. The highest BCUT2D eigenvalue weighted by Crippen LogP contribution is 2.26. The van der Waals surface area contributed by atoms with Crippen molar-refractivity contribution in [2.45, 2.75) is 26.3 Å². The van der Waals surface area contributed by atoms with Gasteiger partial charge in [-0.25, -0.2) is 0 Å². The molecule has 1 aromatic heterocycles. The number of pyridine rings is 1. The van der Waals surface area contributed by atoms with Crippen LogP contribution >= 0.6 is 11.6 Å². The lowest BCUT2D eigenvalue weighted by molar-refractivity contribution is 0.765. The van der Waals surface area contributed by atoms with Crippen LogP contribution in [-0.2, 0) is 0 Å². The first-order valence-electron chi connectivity index (χ1n) is 5.51. The molecule has 0 fully saturated rings. The van der Waals surface area contributed by atoms with E-state index in [1.807, 2.05) is 24.3 Å². The molecule has 0 spiro atoms. The molecule has 0 amide bonds. The van der Waals surface area contributed by atoms with Crippen molar-refractivity contribution in [2.24, 2.45) is 0 Å². The van der Waals surface area contributed by atoms with Gasteiger partial charge >= 0.3 is 0 Å². The van der Waals surface area contributed by atoms with E-state index in [0.29, 0.717) is 6.04 Å². The van der Waals surface area contributed by atoms with E-state index in [4.69, 9.17) is 11.6 Å². The number of fused-ring (bicyclic) bond motifs is 1. The van der Waals surface area contributed by atoms with Gasteiger partial charge in [-0.1, -0.05) is 24.6 Å². The number of rotatable bonds is 3. The van der Waals surface area contributed by atoms with Crippen LogP contribution in [0.25, 0.3) is 10.9 Å². The summed E-state index contributed by atoms with van der Waals surface area (Å²) < 4.78 is 0. The maximum absolute atomic E-state index is 6.08. The summed E-state index contributed by atoms with van der Waals surface area (Å²) in [5.41, 5.74) is 1.99. The lowest BCUT2D eigenvalue weighted by atomic mass is 10.1. The molecule has 1 heterocycles. The third-order valence-electron chi connectivity index (χ3n) is 2.68. The van der Waals surface area contributed by atoms with Gasteiger partial charge in [0.15, 0.2) is 0 Å². The van der Waals surface area contributed by atoms with Gasteiger partial charge < -0.3 is 5.32 Å². The summed E-state index contributed by atoms with van der Waals surface area (Å²) in [7, 11) is 0. The molecule has 0 radical (unpaired) electrons. The van der Waals surface area contributed by atoms with Crippen LogP contribution in [-0.4, -0.2) is 11.0 Å². The second-order valence-electron chi connectivity index (χ2n) is 3.98. The van der Waals surface area contributed by atoms with Gasteiger partial charge in [0.25, 0.3) is 0 Å². The van der Waals surface area contributed by atoms with Crippen LogP contribution in [0.5, 0.6) is 0 Å². The van der Waals surface area contributed by atoms with Crippen LogP contribution in [0.1, 0.15) is 20.3 Å². The molecule has 2 rings (SSSR count). The van der Waals surface area contributed by atoms with Crippen molar-refractivity contribution in [1.29, 1.82) is 0 Å². The third kappa shape index (κ3) is 2.27. The lowest BCUT2D eigenvalue weighted by Crippen LogP contribution is -2.13. The summed E-state index contributed by atoms with van der Waals surface area (Å²) in [5.74, 6) is 0. The lowest BCUT2D eigenvalue weighted by Gasteiger charge is -2.14. The van der Waals surface area contributed by atoms with Gasteiger partial charge in [-0.3, -0.25) is 4.98 Å². The van der Waals surface area contributed by atoms with Gasteiger partial charge in [-0.05, 0) is 31.5 Å². The number of hydrogen-bond acceptors (Lipinski definition) is 2. The van der Waals surface area contributed by atoms with E-state index < -0.39 is 0 Å². The van der Waals surface area contributed by atoms with Crippen LogP contribution in [0.3, 0.4) is 0 Å². The maximum atomic E-state index is 6.08. The number of hydrogen-bond donors (Lipinski definition) is 1. The van der Waals surface area contributed by atoms with E-state index in [2.05, 4.69) is 24.1 Å². The summed E-state index contributed by atoms with van der Waals surface area (Å²) in [4.78, 5) is 4.39. The van der Waals surface area contributed by atoms with Crippen molar-refractivity contribution in [3.8, 4) is 0 Å². The Morgan fingerprint density at radius 3 is 3.00 bits per heavy atom. The number of aromatic nitrogens is 1. The minimum atomic E-state index is 0.420. The Morgan fingerprint density at radius 2 is 2.25 bits per heavy atom. The van der Waals surface area contributed by atoms with Crippen LogP contribution in [0.15, 0.2) is 30.5 Å². The molecule has 1 N–H and O–H groups in total. The average molecular weight is 235 g/mol. The molecule has 1 unspecified atom stereocenters. The van der Waals surface area contributed by atoms with Crippen molar-refractivity contribution in [2.75, 3.05) is 5.32 Å². The van der Waals surface area contributed by atoms with Gasteiger partial charge in [0.2, 0.25) is 0 Å². The quantitative estimate of drug-likeness (QED) is 0.865. The fraction of sp³-hybridized carbons (Fsp3) is 0.308. The molecular weight excluding hydrogens is 220 g/mol. The van der Waals surface area contributed by atoms with Gasteiger partial charge in [0.05, 0.1) is 11.2 Å². The number of nitrogens with one attached hydrogen (secondary N) is 1. The van der Waals surface area contributed by atoms with E-state index in [1.54, 1.807) is 6.20 Å². The fourth-order valence-corrected chi connectivity index (χ4v) is 1.86. The second-order valence-corrected chi connectivity index (χ2v) is 4.42. The smallest absolute Gasteiger partial charge is 0.0934 e. The van der Waals surface area contributed by atoms with Crippen molar-refractivity contribution in [3.63, 3.8) is 0 Å². The Bertz CT molecular complexity index is 496. The van der Waals surface area contributed by atoms with Gasteiger partial charge in [-0.2, -0.15) is 0 Å². The zero-order chi connectivity index (χ0) is 11.5. The predicted molar refractivity (Wildman–Crippen MR) is 70.1 cm³/mol. The number of anilines is 1. The van der Waals surface area contributed by atoms with Gasteiger partial charge in [0, 0.05) is 22.6 Å². The van der Waals surface area contributed by atoms with Crippen molar-refractivity contribution in [3.05, 3.63) is 35.5 Å². The molecule has 16 heavy (non-hydrogen) atoms. The molecule has 3 heteroatoms. The van der Waals surface area contributed by atoms with Crippen molar-refractivity contribution >= 4 is 28.2 Å². The van der Waals surface area contributed by atoms with Gasteiger partial charge in [-0.15, -0.1) is 0 Å². The highest BCUT2D eigenvalue weighted by atomic mass is 35.5.